The molecule has 0 radical (unpaired) electrons. The lowest BCUT2D eigenvalue weighted by molar-refractivity contribution is -0.171. The first-order chi connectivity index (χ1) is 16.7. The van der Waals surface area contributed by atoms with Crippen molar-refractivity contribution in [1.82, 2.24) is 0 Å². The summed E-state index contributed by atoms with van der Waals surface area (Å²) in [5.74, 6) is -2.92. The summed E-state index contributed by atoms with van der Waals surface area (Å²) in [6, 6.07) is 7.16. The number of para-hydroxylation sites is 1. The second kappa shape index (κ2) is 11.4. The lowest BCUT2D eigenvalue weighted by atomic mass is 9.93. The van der Waals surface area contributed by atoms with Crippen molar-refractivity contribution in [3.63, 3.8) is 0 Å². The topological polar surface area (TPSA) is 142 Å². The summed E-state index contributed by atoms with van der Waals surface area (Å²) in [5, 5.41) is 28.3. The zero-order valence-corrected chi connectivity index (χ0v) is 21.2. The second-order valence-electron chi connectivity index (χ2n) is 9.33. The van der Waals surface area contributed by atoms with E-state index in [9.17, 15) is 28.5 Å². The van der Waals surface area contributed by atoms with Crippen LogP contribution in [0.5, 0.6) is 0 Å². The predicted octanol–water partition coefficient (Wildman–Crippen LogP) is 2.97. The number of ether oxygens (including phenoxy) is 2. The molecule has 0 bridgehead atoms. The van der Waals surface area contributed by atoms with E-state index in [0.29, 0.717) is 12.1 Å². The highest BCUT2D eigenvalue weighted by Crippen LogP contribution is 2.46. The summed E-state index contributed by atoms with van der Waals surface area (Å²) < 4.78 is 41.3. The van der Waals surface area contributed by atoms with E-state index < -0.39 is 51.9 Å². The van der Waals surface area contributed by atoms with Crippen LogP contribution in [0.3, 0.4) is 0 Å². The lowest BCUT2D eigenvalue weighted by Crippen LogP contribution is -2.46. The molecule has 1 saturated heterocycles. The number of sulfonamides is 1. The van der Waals surface area contributed by atoms with Crippen LogP contribution in [0, 0.1) is 0 Å². The summed E-state index contributed by atoms with van der Waals surface area (Å²) in [5.41, 5.74) is -0.238. The van der Waals surface area contributed by atoms with Gasteiger partial charge in [-0.25, -0.2) is 13.2 Å². The number of benzene rings is 1. The minimum absolute atomic E-state index is 0.0600. The number of hydrogen-bond donors (Lipinski definition) is 4. The zero-order chi connectivity index (χ0) is 25.7. The maximum absolute atomic E-state index is 13.4. The van der Waals surface area contributed by atoms with E-state index >= 15 is 0 Å². The molecular formula is C25H37NO8S. The van der Waals surface area contributed by atoms with E-state index in [1.165, 1.54) is 6.08 Å². The Labute approximate surface area is 207 Å². The van der Waals surface area contributed by atoms with Gasteiger partial charge in [-0.3, -0.25) is 4.72 Å². The summed E-state index contributed by atoms with van der Waals surface area (Å²) in [7, 11) is -4.10. The monoisotopic (exact) mass is 511 g/mol. The van der Waals surface area contributed by atoms with Gasteiger partial charge >= 0.3 is 5.97 Å². The van der Waals surface area contributed by atoms with Gasteiger partial charge in [-0.05, 0) is 43.4 Å². The minimum Gasteiger partial charge on any atom is -0.478 e. The van der Waals surface area contributed by atoms with Crippen LogP contribution in [0.1, 0.15) is 64.4 Å². The Balaban J connectivity index is 1.86. The SMILES string of the molecule is CCCCCCc1ccccc1NS(=O)(=O)C1CCC2(C=C1C(=O)O)O[C@H](CO)[C@@](CC)(CO)O2. The highest BCUT2D eigenvalue weighted by atomic mass is 32.2. The molecule has 2 aliphatic rings. The molecule has 4 N–H and O–H groups in total. The summed E-state index contributed by atoms with van der Waals surface area (Å²) in [4.78, 5) is 12.2. The van der Waals surface area contributed by atoms with Gasteiger partial charge in [0.25, 0.3) is 0 Å². The van der Waals surface area contributed by atoms with Gasteiger partial charge in [0.15, 0.2) is 5.79 Å². The van der Waals surface area contributed by atoms with E-state index in [-0.39, 0.29) is 18.4 Å². The van der Waals surface area contributed by atoms with E-state index in [0.717, 1.165) is 37.7 Å². The van der Waals surface area contributed by atoms with Gasteiger partial charge in [0.05, 0.1) is 24.5 Å². The minimum atomic E-state index is -4.10. The number of anilines is 1. The fourth-order valence-corrected chi connectivity index (χ4v) is 6.50. The van der Waals surface area contributed by atoms with Crippen molar-refractivity contribution < 1.29 is 38.0 Å². The van der Waals surface area contributed by atoms with Crippen molar-refractivity contribution in [1.29, 1.82) is 0 Å². The third-order valence-corrected chi connectivity index (χ3v) is 8.75. The molecule has 1 aliphatic carbocycles. The fraction of sp³-hybridized carbons (Fsp3) is 0.640. The van der Waals surface area contributed by atoms with Gasteiger partial charge in [-0.15, -0.1) is 0 Å². The molecule has 0 saturated carbocycles. The average Bonchev–Trinajstić information content (AvgIpc) is 3.15. The van der Waals surface area contributed by atoms with Gasteiger partial charge in [0, 0.05) is 6.42 Å². The van der Waals surface area contributed by atoms with Crippen LogP contribution >= 0.6 is 0 Å². The van der Waals surface area contributed by atoms with E-state index in [2.05, 4.69) is 11.6 Å². The quantitative estimate of drug-likeness (QED) is 0.314. The highest BCUT2D eigenvalue weighted by molar-refractivity contribution is 7.93. The van der Waals surface area contributed by atoms with Crippen molar-refractivity contribution in [3.05, 3.63) is 41.5 Å². The smallest absolute Gasteiger partial charge is 0.332 e. The van der Waals surface area contributed by atoms with Gasteiger partial charge in [0.1, 0.15) is 17.0 Å². The fourth-order valence-electron chi connectivity index (χ4n) is 4.92. The third-order valence-electron chi connectivity index (χ3n) is 7.00. The van der Waals surface area contributed by atoms with Crippen molar-refractivity contribution in [2.45, 2.75) is 88.0 Å². The number of aryl methyl sites for hydroxylation is 1. The van der Waals surface area contributed by atoms with Crippen LogP contribution in [0.4, 0.5) is 5.69 Å². The van der Waals surface area contributed by atoms with Gasteiger partial charge in [-0.1, -0.05) is 51.3 Å². The van der Waals surface area contributed by atoms with Gasteiger partial charge in [-0.2, -0.15) is 0 Å². The first-order valence-electron chi connectivity index (χ1n) is 12.3. The van der Waals surface area contributed by atoms with E-state index in [1.54, 1.807) is 19.1 Å². The number of carbonyl (C=O) groups is 1. The molecule has 0 aromatic heterocycles. The van der Waals surface area contributed by atoms with Gasteiger partial charge < -0.3 is 24.8 Å². The number of hydrogen-bond acceptors (Lipinski definition) is 7. The molecule has 196 valence electrons. The van der Waals surface area contributed by atoms with Crippen LogP contribution in [0.15, 0.2) is 35.9 Å². The van der Waals surface area contributed by atoms with Crippen LogP contribution in [-0.2, 0) is 30.7 Å². The Bertz CT molecular complexity index is 1020. The maximum Gasteiger partial charge on any atom is 0.332 e. The first kappa shape index (κ1) is 27.6. The molecule has 1 fully saturated rings. The molecular weight excluding hydrogens is 474 g/mol. The number of carboxylic acids is 1. The number of aliphatic hydroxyl groups is 2. The Morgan fingerprint density at radius 3 is 2.51 bits per heavy atom. The number of rotatable bonds is 12. The predicted molar refractivity (Wildman–Crippen MR) is 131 cm³/mol. The van der Waals surface area contributed by atoms with Crippen LogP contribution in [0.2, 0.25) is 0 Å². The Kier molecular flexibility index (Phi) is 8.98. The molecule has 3 rings (SSSR count). The number of carboxylic acid groups (broad SMARTS) is 1. The van der Waals surface area contributed by atoms with Crippen molar-refractivity contribution >= 4 is 21.7 Å². The highest BCUT2D eigenvalue weighted by Gasteiger charge is 2.57. The van der Waals surface area contributed by atoms with E-state index in [1.807, 2.05) is 12.1 Å². The van der Waals surface area contributed by atoms with Crippen molar-refractivity contribution in [2.24, 2.45) is 0 Å². The number of aliphatic hydroxyl groups excluding tert-OH is 2. The molecule has 1 aromatic rings. The molecule has 10 heteroatoms. The molecule has 1 aliphatic heterocycles. The normalized spacial score (nSPS) is 28.7. The Morgan fingerprint density at radius 1 is 1.17 bits per heavy atom. The van der Waals surface area contributed by atoms with Crippen LogP contribution in [0.25, 0.3) is 0 Å². The summed E-state index contributed by atoms with van der Waals surface area (Å²) in [6.07, 6.45) is 5.57. The Hall–Kier alpha value is -1.98. The zero-order valence-electron chi connectivity index (χ0n) is 20.4. The molecule has 2 unspecified atom stereocenters. The third kappa shape index (κ3) is 5.89. The second-order valence-corrected chi connectivity index (χ2v) is 11.2. The molecule has 0 amide bonds. The molecule has 1 spiro atoms. The summed E-state index contributed by atoms with van der Waals surface area (Å²) in [6.45, 7) is 3.04. The standard InChI is InChI=1S/C25H37NO8S/c1-3-5-6-7-10-18-11-8-9-12-20(18)26-35(31,32)21-13-14-25(15-19(21)23(29)30)33-22(16-27)24(4-2,17-28)34-25/h8-9,11-12,15,21-22,26-28H,3-7,10,13-14,16-17H2,1-2H3,(H,29,30)/t21?,22-,24-,25?/m1/s1. The van der Waals surface area contributed by atoms with Gasteiger partial charge in [0.2, 0.25) is 10.0 Å². The average molecular weight is 512 g/mol. The first-order valence-corrected chi connectivity index (χ1v) is 13.9. The largest absolute Gasteiger partial charge is 0.478 e. The number of nitrogens with one attached hydrogen (secondary N) is 1. The molecule has 9 nitrogen and oxygen atoms in total. The van der Waals surface area contributed by atoms with Crippen LogP contribution in [-0.4, -0.2) is 65.7 Å². The summed E-state index contributed by atoms with van der Waals surface area (Å²) >= 11 is 0. The van der Waals surface area contributed by atoms with E-state index in [4.69, 9.17) is 9.47 Å². The number of aliphatic carboxylic acids is 1. The lowest BCUT2D eigenvalue weighted by Gasteiger charge is -2.34. The molecule has 35 heavy (non-hydrogen) atoms. The maximum atomic E-state index is 13.4. The van der Waals surface area contributed by atoms with Crippen molar-refractivity contribution in [3.8, 4) is 0 Å². The Morgan fingerprint density at radius 2 is 1.91 bits per heavy atom. The molecule has 4 atom stereocenters. The molecule has 1 aromatic carbocycles. The molecule has 1 heterocycles. The number of unbranched alkanes of at least 4 members (excludes halogenated alkanes) is 3. The van der Waals surface area contributed by atoms with Crippen LogP contribution < -0.4 is 4.72 Å². The van der Waals surface area contributed by atoms with Crippen molar-refractivity contribution in [2.75, 3.05) is 17.9 Å².